The lowest BCUT2D eigenvalue weighted by Gasteiger charge is -2.34. The molecule has 1 aromatic heterocycles. The number of aromatic nitrogens is 2. The highest BCUT2D eigenvalue weighted by Gasteiger charge is 2.31. The van der Waals surface area contributed by atoms with E-state index in [0.717, 1.165) is 45.0 Å². The van der Waals surface area contributed by atoms with Gasteiger partial charge in [-0.25, -0.2) is 4.79 Å². The summed E-state index contributed by atoms with van der Waals surface area (Å²) in [6.07, 6.45) is 0.817. The van der Waals surface area contributed by atoms with Gasteiger partial charge in [0.05, 0.1) is 6.54 Å². The van der Waals surface area contributed by atoms with Crippen LogP contribution in [0.3, 0.4) is 0 Å². The van der Waals surface area contributed by atoms with Crippen LogP contribution in [0.5, 0.6) is 5.88 Å². The fraction of sp³-hybridized carbons (Fsp3) is 0.688. The van der Waals surface area contributed by atoms with Crippen LogP contribution < -0.4 is 9.64 Å². The third-order valence-corrected chi connectivity index (χ3v) is 4.56. The molecule has 2 saturated heterocycles. The minimum atomic E-state index is -0.0130. The van der Waals surface area contributed by atoms with Gasteiger partial charge >= 0.3 is 6.03 Å². The predicted octanol–water partition coefficient (Wildman–Crippen LogP) is 0.363. The third-order valence-electron chi connectivity index (χ3n) is 4.56. The smallest absolute Gasteiger partial charge is 0.320 e. The zero-order valence-corrected chi connectivity index (χ0v) is 14.7. The number of piperazine rings is 1. The zero-order valence-electron chi connectivity index (χ0n) is 14.7. The zero-order chi connectivity index (χ0) is 17.1. The fourth-order valence-corrected chi connectivity index (χ4v) is 2.98. The molecule has 8 nitrogen and oxygen atoms in total. The minimum Gasteiger partial charge on any atom is -0.471 e. The van der Waals surface area contributed by atoms with Crippen LogP contribution in [-0.4, -0.2) is 97.4 Å². The fourth-order valence-electron chi connectivity index (χ4n) is 2.98. The van der Waals surface area contributed by atoms with Gasteiger partial charge in [0.25, 0.3) is 0 Å². The van der Waals surface area contributed by atoms with Crippen LogP contribution in [0.25, 0.3) is 0 Å². The summed E-state index contributed by atoms with van der Waals surface area (Å²) >= 11 is 0. The number of ether oxygens (including phenoxy) is 1. The SMILES string of the molecule is CN1CCN(C(=O)N2CCC(Oc3ccc(N(C)C)nn3)C2)CC1. The van der Waals surface area contributed by atoms with E-state index in [1.54, 1.807) is 0 Å². The molecule has 0 bridgehead atoms. The standard InChI is InChI=1S/C16H26N6O2/c1-19(2)14-4-5-15(18-17-14)24-13-6-7-22(12-13)16(23)21-10-8-20(3)9-11-21/h4-5,13H,6-12H2,1-3H3. The molecule has 132 valence electrons. The Balaban J connectivity index is 1.50. The Morgan fingerprint density at radius 2 is 1.88 bits per heavy atom. The monoisotopic (exact) mass is 334 g/mol. The summed E-state index contributed by atoms with van der Waals surface area (Å²) in [5.41, 5.74) is 0. The highest BCUT2D eigenvalue weighted by atomic mass is 16.5. The molecule has 0 saturated carbocycles. The quantitative estimate of drug-likeness (QED) is 0.795. The molecule has 0 radical (unpaired) electrons. The summed E-state index contributed by atoms with van der Waals surface area (Å²) in [5, 5.41) is 8.21. The number of carbonyl (C=O) groups is 1. The van der Waals surface area contributed by atoms with E-state index in [1.165, 1.54) is 0 Å². The summed E-state index contributed by atoms with van der Waals surface area (Å²) in [6.45, 7) is 4.83. The van der Waals surface area contributed by atoms with Crippen LogP contribution in [0.2, 0.25) is 0 Å². The van der Waals surface area contributed by atoms with Crippen molar-refractivity contribution in [1.82, 2.24) is 24.9 Å². The number of carbonyl (C=O) groups excluding carboxylic acids is 1. The lowest BCUT2D eigenvalue weighted by molar-refractivity contribution is 0.123. The summed E-state index contributed by atoms with van der Waals surface area (Å²) in [7, 11) is 5.93. The number of amides is 2. The van der Waals surface area contributed by atoms with Crippen LogP contribution in [0, 0.1) is 0 Å². The van der Waals surface area contributed by atoms with Crippen molar-refractivity contribution < 1.29 is 9.53 Å². The van der Waals surface area contributed by atoms with E-state index in [9.17, 15) is 4.79 Å². The Kier molecular flexibility index (Phi) is 5.03. The molecule has 0 aliphatic carbocycles. The van der Waals surface area contributed by atoms with E-state index in [2.05, 4.69) is 22.1 Å². The summed E-state index contributed by atoms with van der Waals surface area (Å²) in [5.74, 6) is 1.31. The van der Waals surface area contributed by atoms with E-state index < -0.39 is 0 Å². The predicted molar refractivity (Wildman–Crippen MR) is 91.4 cm³/mol. The van der Waals surface area contributed by atoms with Crippen molar-refractivity contribution in [3.05, 3.63) is 12.1 Å². The number of rotatable bonds is 3. The average molecular weight is 334 g/mol. The van der Waals surface area contributed by atoms with Crippen LogP contribution >= 0.6 is 0 Å². The van der Waals surface area contributed by atoms with E-state index >= 15 is 0 Å². The number of likely N-dealkylation sites (tertiary alicyclic amines) is 1. The molecule has 1 atom stereocenters. The Labute approximate surface area is 143 Å². The normalized spacial score (nSPS) is 21.9. The van der Waals surface area contributed by atoms with E-state index in [0.29, 0.717) is 12.4 Å². The molecular formula is C16H26N6O2. The lowest BCUT2D eigenvalue weighted by atomic mass is 10.3. The van der Waals surface area contributed by atoms with Crippen LogP contribution in [0.1, 0.15) is 6.42 Å². The molecule has 3 heterocycles. The molecular weight excluding hydrogens is 308 g/mol. The second kappa shape index (κ2) is 7.21. The molecule has 1 unspecified atom stereocenters. The number of hydrogen-bond donors (Lipinski definition) is 0. The first-order valence-corrected chi connectivity index (χ1v) is 8.43. The first kappa shape index (κ1) is 16.8. The van der Waals surface area contributed by atoms with Crippen molar-refractivity contribution in [2.45, 2.75) is 12.5 Å². The van der Waals surface area contributed by atoms with Crippen molar-refractivity contribution in [3.63, 3.8) is 0 Å². The van der Waals surface area contributed by atoms with Gasteiger partial charge in [0.1, 0.15) is 6.10 Å². The molecule has 0 N–H and O–H groups in total. The van der Waals surface area contributed by atoms with Gasteiger partial charge in [0, 0.05) is 59.3 Å². The van der Waals surface area contributed by atoms with Gasteiger partial charge in [-0.1, -0.05) is 0 Å². The van der Waals surface area contributed by atoms with Crippen molar-refractivity contribution in [1.29, 1.82) is 0 Å². The van der Waals surface area contributed by atoms with Crippen molar-refractivity contribution in [2.75, 3.05) is 65.3 Å². The number of hydrogen-bond acceptors (Lipinski definition) is 6. The van der Waals surface area contributed by atoms with Crippen molar-refractivity contribution >= 4 is 11.8 Å². The molecule has 3 rings (SSSR count). The molecule has 0 aromatic carbocycles. The molecule has 2 aliphatic rings. The van der Waals surface area contributed by atoms with Crippen LogP contribution in [0.15, 0.2) is 12.1 Å². The third kappa shape index (κ3) is 3.87. The molecule has 2 amide bonds. The first-order valence-electron chi connectivity index (χ1n) is 8.43. The van der Waals surface area contributed by atoms with Crippen LogP contribution in [0.4, 0.5) is 10.6 Å². The summed E-state index contributed by atoms with van der Waals surface area (Å²) in [6, 6.07) is 3.83. The van der Waals surface area contributed by atoms with E-state index in [1.807, 2.05) is 40.9 Å². The Hall–Kier alpha value is -2.09. The first-order chi connectivity index (χ1) is 11.5. The van der Waals surface area contributed by atoms with Gasteiger partial charge < -0.3 is 24.3 Å². The second-order valence-corrected chi connectivity index (χ2v) is 6.67. The molecule has 1 aromatic rings. The Bertz CT molecular complexity index is 556. The number of likely N-dealkylation sites (N-methyl/N-ethyl adjacent to an activating group) is 1. The maximum absolute atomic E-state index is 12.6. The largest absolute Gasteiger partial charge is 0.471 e. The van der Waals surface area contributed by atoms with Crippen LogP contribution in [-0.2, 0) is 0 Å². The number of anilines is 1. The summed E-state index contributed by atoms with van der Waals surface area (Å²) in [4.78, 5) is 20.5. The Morgan fingerprint density at radius 1 is 1.12 bits per heavy atom. The van der Waals surface area contributed by atoms with E-state index in [-0.39, 0.29) is 12.1 Å². The van der Waals surface area contributed by atoms with Gasteiger partial charge in [-0.3, -0.25) is 0 Å². The highest BCUT2D eigenvalue weighted by molar-refractivity contribution is 5.75. The minimum absolute atomic E-state index is 0.0130. The highest BCUT2D eigenvalue weighted by Crippen LogP contribution is 2.19. The maximum atomic E-state index is 12.6. The van der Waals surface area contributed by atoms with E-state index in [4.69, 9.17) is 4.74 Å². The van der Waals surface area contributed by atoms with Crippen molar-refractivity contribution in [3.8, 4) is 5.88 Å². The Morgan fingerprint density at radius 3 is 2.50 bits per heavy atom. The maximum Gasteiger partial charge on any atom is 0.320 e. The van der Waals surface area contributed by atoms with Gasteiger partial charge in [-0.15, -0.1) is 10.2 Å². The van der Waals surface area contributed by atoms with Gasteiger partial charge in [-0.05, 0) is 13.1 Å². The lowest BCUT2D eigenvalue weighted by Crippen LogP contribution is -2.51. The topological polar surface area (TPSA) is 65.0 Å². The molecule has 2 fully saturated rings. The van der Waals surface area contributed by atoms with Gasteiger partial charge in [0.2, 0.25) is 5.88 Å². The van der Waals surface area contributed by atoms with Gasteiger partial charge in [0.15, 0.2) is 5.82 Å². The molecule has 2 aliphatic heterocycles. The molecule has 0 spiro atoms. The number of urea groups is 1. The summed E-state index contributed by atoms with van der Waals surface area (Å²) < 4.78 is 5.88. The van der Waals surface area contributed by atoms with Gasteiger partial charge in [-0.2, -0.15) is 0 Å². The van der Waals surface area contributed by atoms with Crippen molar-refractivity contribution in [2.24, 2.45) is 0 Å². The molecule has 8 heteroatoms. The average Bonchev–Trinajstić information content (AvgIpc) is 3.04. The number of nitrogens with zero attached hydrogens (tertiary/aromatic N) is 6. The second-order valence-electron chi connectivity index (χ2n) is 6.67. The molecule has 24 heavy (non-hydrogen) atoms.